The lowest BCUT2D eigenvalue weighted by atomic mass is 10.1. The molecule has 0 radical (unpaired) electrons. The molecule has 0 unspecified atom stereocenters. The van der Waals surface area contributed by atoms with Crippen LogP contribution in [-0.4, -0.2) is 71.7 Å². The molecule has 2 N–H and O–H groups in total. The van der Waals surface area contributed by atoms with Crippen molar-refractivity contribution in [3.8, 4) is 17.0 Å². The molecule has 0 atom stereocenters. The van der Waals surface area contributed by atoms with Crippen LogP contribution >= 0.6 is 23.1 Å². The first-order valence-electron chi connectivity index (χ1n) is 12.9. The van der Waals surface area contributed by atoms with Crippen LogP contribution in [0.25, 0.3) is 11.3 Å². The predicted molar refractivity (Wildman–Crippen MR) is 163 cm³/mol. The van der Waals surface area contributed by atoms with Crippen molar-refractivity contribution < 1.29 is 18.4 Å². The topological polar surface area (TPSA) is 119 Å². The Morgan fingerprint density at radius 2 is 1.88 bits per heavy atom. The molecule has 5 rings (SSSR count). The molecule has 0 bridgehead atoms. The van der Waals surface area contributed by atoms with Crippen LogP contribution in [-0.2, 0) is 16.3 Å². The minimum Gasteiger partial charge on any atom is -0.495 e. The van der Waals surface area contributed by atoms with Crippen LogP contribution in [0.4, 0.5) is 33.2 Å². The number of aromatic nitrogens is 5. The minimum absolute atomic E-state index is 0.0694. The zero-order valence-electron chi connectivity index (χ0n) is 23.4. The average Bonchev–Trinajstić information content (AvgIpc) is 3.37. The summed E-state index contributed by atoms with van der Waals surface area (Å²) in [5.74, 6) is 0.795. The van der Waals surface area contributed by atoms with Crippen molar-refractivity contribution in [3.63, 3.8) is 0 Å². The van der Waals surface area contributed by atoms with E-state index in [9.17, 15) is 4.57 Å². The van der Waals surface area contributed by atoms with E-state index in [1.54, 1.807) is 32.5 Å². The number of rotatable bonds is 8. The molecule has 216 valence electrons. The SMILES string of the molecule is COc1cc(Nc2ncc(Br)c(Nc3ccc(-c4cnn(C)n4)c(F)c3P(C)(C)=O)n2)c(C)cc1N1CCOCC1. The predicted octanol–water partition coefficient (Wildman–Crippen LogP) is 5.06. The average molecular weight is 645 g/mol. The fourth-order valence-corrected chi connectivity index (χ4v) is 6.24. The summed E-state index contributed by atoms with van der Waals surface area (Å²) in [6.45, 7) is 7.97. The van der Waals surface area contributed by atoms with Gasteiger partial charge in [0.25, 0.3) is 0 Å². The highest BCUT2D eigenvalue weighted by Crippen LogP contribution is 2.42. The van der Waals surface area contributed by atoms with E-state index in [1.807, 2.05) is 13.0 Å². The third-order valence-corrected chi connectivity index (χ3v) is 8.75. The molecule has 2 aromatic carbocycles. The molecule has 2 aromatic heterocycles. The lowest BCUT2D eigenvalue weighted by molar-refractivity contribution is 0.122. The van der Waals surface area contributed by atoms with E-state index in [-0.39, 0.29) is 10.9 Å². The number of methoxy groups -OCH3 is 1. The standard InChI is InChI=1S/C27H31BrFN8O3P/c1-16-12-22(37-8-10-40-11-9-37)23(39-3)13-20(16)33-27-30-14-18(28)26(34-27)32-19-7-6-17(21-15-31-36(2)35-21)24(29)25(19)41(4,5)38/h6-7,12-15H,8-11H2,1-5H3,(H2,30,32,33,34). The molecular formula is C27H31BrFN8O3P. The number of hydrogen-bond acceptors (Lipinski definition) is 10. The van der Waals surface area contributed by atoms with Crippen molar-refractivity contribution in [3.05, 3.63) is 52.5 Å². The summed E-state index contributed by atoms with van der Waals surface area (Å²) >= 11 is 3.48. The summed E-state index contributed by atoms with van der Waals surface area (Å²) < 4.78 is 40.8. The molecule has 3 heterocycles. The number of anilines is 5. The number of morpholine rings is 1. The monoisotopic (exact) mass is 644 g/mol. The summed E-state index contributed by atoms with van der Waals surface area (Å²) in [5.41, 5.74) is 3.67. The van der Waals surface area contributed by atoms with Crippen molar-refractivity contribution in [1.29, 1.82) is 0 Å². The van der Waals surface area contributed by atoms with E-state index in [0.717, 1.165) is 35.8 Å². The molecule has 0 amide bonds. The number of hydrogen-bond donors (Lipinski definition) is 2. The number of ether oxygens (including phenoxy) is 2. The number of nitrogens with one attached hydrogen (secondary N) is 2. The van der Waals surface area contributed by atoms with E-state index in [4.69, 9.17) is 9.47 Å². The van der Waals surface area contributed by atoms with Crippen LogP contribution in [0.3, 0.4) is 0 Å². The zero-order chi connectivity index (χ0) is 29.3. The van der Waals surface area contributed by atoms with Gasteiger partial charge in [-0.15, -0.1) is 0 Å². The fraction of sp³-hybridized carbons (Fsp3) is 0.333. The van der Waals surface area contributed by atoms with Crippen LogP contribution < -0.4 is 25.6 Å². The van der Waals surface area contributed by atoms with Gasteiger partial charge in [0.1, 0.15) is 30.2 Å². The molecule has 1 saturated heterocycles. The molecule has 1 aliphatic heterocycles. The number of nitrogens with zero attached hydrogens (tertiary/aromatic N) is 6. The van der Waals surface area contributed by atoms with E-state index >= 15 is 4.39 Å². The van der Waals surface area contributed by atoms with Crippen LogP contribution in [0.5, 0.6) is 5.75 Å². The quantitative estimate of drug-likeness (QED) is 0.252. The number of aryl methyl sites for hydroxylation is 2. The maximum absolute atomic E-state index is 15.8. The molecule has 0 spiro atoms. The molecule has 41 heavy (non-hydrogen) atoms. The zero-order valence-corrected chi connectivity index (χ0v) is 25.9. The van der Waals surface area contributed by atoms with Gasteiger partial charge in [-0.05, 0) is 59.9 Å². The van der Waals surface area contributed by atoms with Gasteiger partial charge in [-0.3, -0.25) is 0 Å². The maximum atomic E-state index is 15.8. The lowest BCUT2D eigenvalue weighted by Gasteiger charge is -2.30. The Hall–Kier alpha value is -3.54. The largest absolute Gasteiger partial charge is 0.495 e. The van der Waals surface area contributed by atoms with E-state index < -0.39 is 13.0 Å². The molecule has 14 heteroatoms. The Morgan fingerprint density at radius 1 is 1.12 bits per heavy atom. The second-order valence-electron chi connectivity index (χ2n) is 9.97. The Balaban J connectivity index is 1.46. The second-order valence-corrected chi connectivity index (χ2v) is 14.0. The molecule has 4 aromatic rings. The van der Waals surface area contributed by atoms with Crippen molar-refractivity contribution >= 4 is 57.2 Å². The van der Waals surface area contributed by atoms with Gasteiger partial charge in [-0.25, -0.2) is 9.37 Å². The first-order chi connectivity index (χ1) is 19.5. The molecular weight excluding hydrogens is 614 g/mol. The van der Waals surface area contributed by atoms with Gasteiger partial charge in [0.05, 0.1) is 47.7 Å². The molecule has 1 fully saturated rings. The Labute approximate surface area is 246 Å². The van der Waals surface area contributed by atoms with E-state index in [0.29, 0.717) is 40.8 Å². The molecule has 0 aliphatic carbocycles. The number of halogens is 2. The Bertz CT molecular complexity index is 1640. The van der Waals surface area contributed by atoms with Crippen molar-refractivity contribution in [2.75, 3.05) is 62.3 Å². The minimum atomic E-state index is -3.08. The van der Waals surface area contributed by atoms with Crippen LogP contribution in [0.1, 0.15) is 5.56 Å². The highest BCUT2D eigenvalue weighted by atomic mass is 79.9. The fourth-order valence-electron chi connectivity index (χ4n) is 4.64. The van der Waals surface area contributed by atoms with Gasteiger partial charge in [-0.1, -0.05) is 0 Å². The first kappa shape index (κ1) is 29.0. The van der Waals surface area contributed by atoms with Gasteiger partial charge in [0, 0.05) is 43.7 Å². The first-order valence-corrected chi connectivity index (χ1v) is 16.3. The summed E-state index contributed by atoms with van der Waals surface area (Å²) in [7, 11) is 0.214. The summed E-state index contributed by atoms with van der Waals surface area (Å²) in [6.07, 6.45) is 3.06. The van der Waals surface area contributed by atoms with Gasteiger partial charge in [0.2, 0.25) is 5.95 Å². The van der Waals surface area contributed by atoms with Crippen molar-refractivity contribution in [2.45, 2.75) is 6.92 Å². The normalized spacial score (nSPS) is 13.8. The smallest absolute Gasteiger partial charge is 0.229 e. The summed E-state index contributed by atoms with van der Waals surface area (Å²) in [5, 5.41) is 14.7. The van der Waals surface area contributed by atoms with Gasteiger partial charge in [0.15, 0.2) is 0 Å². The Kier molecular flexibility index (Phi) is 8.30. The molecule has 1 aliphatic rings. The Morgan fingerprint density at radius 3 is 2.54 bits per heavy atom. The summed E-state index contributed by atoms with van der Waals surface area (Å²) in [6, 6.07) is 7.24. The van der Waals surface area contributed by atoms with Gasteiger partial charge < -0.3 is 29.6 Å². The number of benzene rings is 2. The lowest BCUT2D eigenvalue weighted by Crippen LogP contribution is -2.36. The highest BCUT2D eigenvalue weighted by molar-refractivity contribution is 9.10. The van der Waals surface area contributed by atoms with E-state index in [2.05, 4.69) is 57.7 Å². The van der Waals surface area contributed by atoms with Gasteiger partial charge >= 0.3 is 0 Å². The third kappa shape index (κ3) is 6.22. The molecule has 11 nitrogen and oxygen atoms in total. The van der Waals surface area contributed by atoms with Crippen molar-refractivity contribution in [1.82, 2.24) is 25.0 Å². The van der Waals surface area contributed by atoms with Crippen LogP contribution in [0, 0.1) is 12.7 Å². The highest BCUT2D eigenvalue weighted by Gasteiger charge is 2.26. The van der Waals surface area contributed by atoms with Gasteiger partial charge in [-0.2, -0.15) is 20.0 Å². The summed E-state index contributed by atoms with van der Waals surface area (Å²) in [4.78, 5) is 12.6. The third-order valence-electron chi connectivity index (χ3n) is 6.65. The van der Waals surface area contributed by atoms with Crippen LogP contribution in [0.2, 0.25) is 0 Å². The molecule has 0 saturated carbocycles. The van der Waals surface area contributed by atoms with Crippen molar-refractivity contribution in [2.24, 2.45) is 7.05 Å². The van der Waals surface area contributed by atoms with E-state index in [1.165, 1.54) is 24.3 Å². The maximum Gasteiger partial charge on any atom is 0.229 e. The van der Waals surface area contributed by atoms with Crippen LogP contribution in [0.15, 0.2) is 41.1 Å². The second kappa shape index (κ2) is 11.8.